The van der Waals surface area contributed by atoms with Crippen LogP contribution in [0.4, 0.5) is 0 Å². The van der Waals surface area contributed by atoms with Gasteiger partial charge in [-0.3, -0.25) is 4.55 Å². The molecule has 1 heterocycles. The van der Waals surface area contributed by atoms with Crippen molar-refractivity contribution in [3.8, 4) is 0 Å². The Morgan fingerprint density at radius 3 is 2.46 bits per heavy atom. The molecule has 1 saturated heterocycles. The summed E-state index contributed by atoms with van der Waals surface area (Å²) in [5, 5.41) is 23.4. The van der Waals surface area contributed by atoms with Gasteiger partial charge in [-0.2, -0.15) is 8.42 Å². The van der Waals surface area contributed by atoms with Crippen LogP contribution in [0.3, 0.4) is 0 Å². The lowest BCUT2D eigenvalue weighted by Crippen LogP contribution is -2.72. The van der Waals surface area contributed by atoms with Gasteiger partial charge in [0, 0.05) is 18.3 Å². The van der Waals surface area contributed by atoms with E-state index in [1.54, 1.807) is 0 Å². The molecule has 0 aromatic rings. The summed E-state index contributed by atoms with van der Waals surface area (Å²) >= 11 is 0. The first-order chi connectivity index (χ1) is 16.3. The lowest BCUT2D eigenvalue weighted by Gasteiger charge is -2.64. The van der Waals surface area contributed by atoms with Gasteiger partial charge in [-0.15, -0.1) is 0 Å². The van der Waals surface area contributed by atoms with E-state index in [4.69, 9.17) is 8.92 Å². The molecular weight excluding hydrogens is 468 g/mol. The molecule has 1 spiro atoms. The van der Waals surface area contributed by atoms with Crippen molar-refractivity contribution in [3.63, 3.8) is 0 Å². The van der Waals surface area contributed by atoms with Gasteiger partial charge in [0.2, 0.25) is 0 Å². The number of rotatable bonds is 7. The van der Waals surface area contributed by atoms with Crippen LogP contribution in [0.2, 0.25) is 0 Å². The Labute approximate surface area is 211 Å². The number of fused-ring (bicyclic) bond motifs is 1. The molecular formula is C27H46O7S. The van der Waals surface area contributed by atoms with Gasteiger partial charge in [-0.25, -0.2) is 4.18 Å². The minimum Gasteiger partial charge on any atom is -0.390 e. The van der Waals surface area contributed by atoms with Crippen molar-refractivity contribution in [1.82, 2.24) is 0 Å². The van der Waals surface area contributed by atoms with E-state index in [0.29, 0.717) is 43.6 Å². The molecule has 0 unspecified atom stereocenters. The van der Waals surface area contributed by atoms with Crippen LogP contribution in [0.5, 0.6) is 0 Å². The predicted octanol–water partition coefficient (Wildman–Crippen LogP) is 4.51. The number of ether oxygens (including phenoxy) is 1. The summed E-state index contributed by atoms with van der Waals surface area (Å²) in [6, 6.07) is 0. The van der Waals surface area contributed by atoms with E-state index in [9.17, 15) is 23.2 Å². The van der Waals surface area contributed by atoms with E-state index in [0.717, 1.165) is 25.2 Å². The number of hydrogen-bond acceptors (Lipinski definition) is 6. The third kappa shape index (κ3) is 3.87. The van der Waals surface area contributed by atoms with E-state index in [1.165, 1.54) is 25.7 Å². The van der Waals surface area contributed by atoms with Crippen molar-refractivity contribution in [2.24, 2.45) is 40.4 Å². The molecule has 0 aromatic carbocycles. The zero-order valence-corrected chi connectivity index (χ0v) is 22.7. The summed E-state index contributed by atoms with van der Waals surface area (Å²) in [7, 11) is -4.62. The average Bonchev–Trinajstić information content (AvgIpc) is 3.23. The van der Waals surface area contributed by atoms with Gasteiger partial charge in [0.1, 0.15) is 5.60 Å². The Bertz CT molecular complexity index is 922. The first-order valence-electron chi connectivity index (χ1n) is 14.0. The average molecular weight is 515 g/mol. The van der Waals surface area contributed by atoms with Crippen molar-refractivity contribution in [3.05, 3.63) is 0 Å². The summed E-state index contributed by atoms with van der Waals surface area (Å²) in [5.74, 6) is 2.60. The van der Waals surface area contributed by atoms with Gasteiger partial charge in [0.25, 0.3) is 0 Å². The molecule has 4 aliphatic carbocycles. The highest BCUT2D eigenvalue weighted by atomic mass is 32.3. The summed E-state index contributed by atoms with van der Waals surface area (Å²) < 4.78 is 43.5. The molecule has 0 aromatic heterocycles. The second-order valence-electron chi connectivity index (χ2n) is 13.6. The topological polar surface area (TPSA) is 113 Å². The number of hydrogen-bond donors (Lipinski definition) is 3. The molecule has 7 nitrogen and oxygen atoms in total. The maximum absolute atomic E-state index is 11.9. The van der Waals surface area contributed by atoms with Crippen molar-refractivity contribution >= 4 is 10.4 Å². The number of aliphatic hydroxyl groups excluding tert-OH is 1. The molecule has 5 rings (SSSR count). The second-order valence-corrected chi connectivity index (χ2v) is 14.6. The van der Waals surface area contributed by atoms with E-state index in [1.807, 2.05) is 0 Å². The van der Waals surface area contributed by atoms with Gasteiger partial charge in [0.05, 0.1) is 24.4 Å². The minimum absolute atomic E-state index is 0.00133. The first-order valence-corrected chi connectivity index (χ1v) is 15.3. The molecule has 1 aliphatic heterocycles. The zero-order chi connectivity index (χ0) is 25.4. The van der Waals surface area contributed by atoms with Crippen LogP contribution >= 0.6 is 0 Å². The lowest BCUT2D eigenvalue weighted by atomic mass is 9.42. The Morgan fingerprint density at radius 2 is 1.77 bits per heavy atom. The summed E-state index contributed by atoms with van der Waals surface area (Å²) in [6.45, 7) is 9.90. The third-order valence-electron chi connectivity index (χ3n) is 11.6. The van der Waals surface area contributed by atoms with Gasteiger partial charge < -0.3 is 14.9 Å². The van der Waals surface area contributed by atoms with Crippen LogP contribution in [0, 0.1) is 40.4 Å². The van der Waals surface area contributed by atoms with Gasteiger partial charge in [-0.05, 0) is 73.5 Å². The van der Waals surface area contributed by atoms with E-state index in [-0.39, 0.29) is 17.8 Å². The minimum atomic E-state index is -4.62. The maximum Gasteiger partial charge on any atom is 0.397 e. The van der Waals surface area contributed by atoms with E-state index >= 15 is 0 Å². The highest BCUT2D eigenvalue weighted by Gasteiger charge is 2.78. The van der Waals surface area contributed by atoms with Gasteiger partial charge in [-0.1, -0.05) is 47.0 Å². The highest BCUT2D eigenvalue weighted by Crippen LogP contribution is 2.74. The summed E-state index contributed by atoms with van der Waals surface area (Å²) in [4.78, 5) is 0. The molecule has 202 valence electrons. The number of aliphatic hydroxyl groups is 2. The van der Waals surface area contributed by atoms with Gasteiger partial charge in [0.15, 0.2) is 0 Å². The fourth-order valence-electron chi connectivity index (χ4n) is 10.2. The van der Waals surface area contributed by atoms with Crippen LogP contribution in [-0.2, 0) is 19.3 Å². The second kappa shape index (κ2) is 8.63. The Balaban J connectivity index is 1.39. The van der Waals surface area contributed by atoms with Crippen LogP contribution < -0.4 is 0 Å². The van der Waals surface area contributed by atoms with Crippen molar-refractivity contribution in [1.29, 1.82) is 0 Å². The molecule has 3 N–H and O–H groups in total. The third-order valence-corrected chi connectivity index (χ3v) is 12.1. The van der Waals surface area contributed by atoms with Crippen LogP contribution in [0.1, 0.15) is 98.3 Å². The normalized spacial score (nSPS) is 50.0. The Hall–Kier alpha value is -0.250. The molecule has 8 heteroatoms. The monoisotopic (exact) mass is 514 g/mol. The van der Waals surface area contributed by atoms with Crippen molar-refractivity contribution in [2.45, 2.75) is 122 Å². The SMILES string of the molecule is CC(C)CCC[C@@H](C)[C@H]1CC[C@@H]2[C@]1(C)CC[C@H]1[C@@]23C[C@@H](O)[C@@]2(O)C[C@@H](OS(=O)(=O)O)CC[C@]12CO3. The molecule has 5 fully saturated rings. The molecule has 0 radical (unpaired) electrons. The smallest absolute Gasteiger partial charge is 0.390 e. The summed E-state index contributed by atoms with van der Waals surface area (Å²) in [6.07, 6.45) is 7.75. The molecule has 5 aliphatic rings. The van der Waals surface area contributed by atoms with Crippen LogP contribution in [0.25, 0.3) is 0 Å². The van der Waals surface area contributed by atoms with Gasteiger partial charge >= 0.3 is 10.4 Å². The molecule has 10 atom stereocenters. The summed E-state index contributed by atoms with van der Waals surface area (Å²) in [5.41, 5.74) is -2.30. The van der Waals surface area contributed by atoms with Crippen molar-refractivity contribution in [2.75, 3.05) is 6.61 Å². The fourth-order valence-corrected chi connectivity index (χ4v) is 10.7. The predicted molar refractivity (Wildman–Crippen MR) is 132 cm³/mol. The standard InChI is InChI=1S/C27H46O7S/c1-17(2)6-5-7-18(3)20-8-9-21-24(20,4)12-11-22-25-13-10-19(34-35(30,31)32)14-27(25,29)23(28)15-26(21,22)33-16-25/h17-23,28-29H,5-16H2,1-4H3,(H,30,31,32)/t18-,19+,20-,21-,22-,23-,24-,25+,26-,27+/m1/s1. The van der Waals surface area contributed by atoms with Crippen LogP contribution in [0.15, 0.2) is 0 Å². The quantitative estimate of drug-likeness (QED) is 0.428. The molecule has 0 amide bonds. The lowest BCUT2D eigenvalue weighted by molar-refractivity contribution is -0.258. The largest absolute Gasteiger partial charge is 0.397 e. The van der Waals surface area contributed by atoms with Crippen molar-refractivity contribution < 1.29 is 32.1 Å². The zero-order valence-electron chi connectivity index (χ0n) is 21.9. The Morgan fingerprint density at radius 1 is 1.03 bits per heavy atom. The maximum atomic E-state index is 11.9. The fraction of sp³-hybridized carbons (Fsp3) is 1.00. The van der Waals surface area contributed by atoms with E-state index < -0.39 is 39.2 Å². The molecule has 2 bridgehead atoms. The molecule has 4 saturated carbocycles. The highest BCUT2D eigenvalue weighted by molar-refractivity contribution is 7.80. The molecule has 35 heavy (non-hydrogen) atoms. The van der Waals surface area contributed by atoms with E-state index in [2.05, 4.69) is 27.7 Å². The first kappa shape index (κ1) is 26.4. The van der Waals surface area contributed by atoms with Crippen LogP contribution in [-0.4, -0.2) is 53.2 Å². The Kier molecular flexibility index (Phi) is 6.50.